The highest BCUT2D eigenvalue weighted by molar-refractivity contribution is 7.90. The lowest BCUT2D eigenvalue weighted by Gasteiger charge is -2.27. The van der Waals surface area contributed by atoms with E-state index < -0.39 is 9.84 Å². The molecule has 0 saturated carbocycles. The van der Waals surface area contributed by atoms with Gasteiger partial charge in [-0.3, -0.25) is 4.79 Å². The molecule has 1 aliphatic rings. The molecule has 3 aromatic rings. The minimum Gasteiger partial charge on any atom is -0.376 e. The summed E-state index contributed by atoms with van der Waals surface area (Å²) in [6, 6.07) is 13.8. The number of hydrogen-bond acceptors (Lipinski definition) is 5. The molecule has 1 aliphatic heterocycles. The van der Waals surface area contributed by atoms with Crippen LogP contribution in [0.25, 0.3) is 0 Å². The molecule has 0 N–H and O–H groups in total. The Labute approximate surface area is 228 Å². The second-order valence-corrected chi connectivity index (χ2v) is 12.5. The Morgan fingerprint density at radius 2 is 1.95 bits per heavy atom. The van der Waals surface area contributed by atoms with Gasteiger partial charge in [0, 0.05) is 24.7 Å². The largest absolute Gasteiger partial charge is 0.376 e. The first-order valence-electron chi connectivity index (χ1n) is 12.3. The fraction of sp³-hybridized carbons (Fsp3) is 0.407. The van der Waals surface area contributed by atoms with E-state index in [0.717, 1.165) is 12.8 Å². The van der Waals surface area contributed by atoms with Gasteiger partial charge >= 0.3 is 0 Å². The fourth-order valence-electron chi connectivity index (χ4n) is 4.47. The van der Waals surface area contributed by atoms with Crippen LogP contribution in [0.4, 0.5) is 0 Å². The van der Waals surface area contributed by atoms with E-state index in [1.807, 2.05) is 32.0 Å². The normalized spacial score (nSPS) is 15.9. The Morgan fingerprint density at radius 1 is 1.19 bits per heavy atom. The van der Waals surface area contributed by atoms with E-state index in [1.165, 1.54) is 6.07 Å². The van der Waals surface area contributed by atoms with Crippen LogP contribution in [0.2, 0.25) is 10.0 Å². The van der Waals surface area contributed by atoms with Crippen LogP contribution in [0.5, 0.6) is 0 Å². The maximum absolute atomic E-state index is 13.6. The number of nitrogens with zero attached hydrogens (tertiary/aromatic N) is 3. The quantitative estimate of drug-likeness (QED) is 0.318. The fourth-order valence-corrected chi connectivity index (χ4v) is 6.46. The zero-order chi connectivity index (χ0) is 26.6. The highest BCUT2D eigenvalue weighted by atomic mass is 35.5. The van der Waals surface area contributed by atoms with Gasteiger partial charge in [0.2, 0.25) is 15.0 Å². The number of hydrogen-bond donors (Lipinski definition) is 0. The first kappa shape index (κ1) is 27.6. The van der Waals surface area contributed by atoms with Crippen LogP contribution < -0.4 is 0 Å². The molecule has 1 amide bonds. The van der Waals surface area contributed by atoms with E-state index >= 15 is 0 Å². The van der Waals surface area contributed by atoms with Crippen molar-refractivity contribution in [1.82, 2.24) is 14.5 Å². The van der Waals surface area contributed by atoms with Crippen molar-refractivity contribution in [2.24, 2.45) is 5.92 Å². The van der Waals surface area contributed by atoms with Crippen molar-refractivity contribution in [3.8, 4) is 0 Å². The van der Waals surface area contributed by atoms with Crippen LogP contribution in [-0.2, 0) is 33.4 Å². The summed E-state index contributed by atoms with van der Waals surface area (Å²) in [6.45, 7) is 5.65. The minimum atomic E-state index is -3.72. The second kappa shape index (κ2) is 12.0. The molecule has 1 saturated heterocycles. The lowest BCUT2D eigenvalue weighted by atomic mass is 10.1. The smallest absolute Gasteiger partial charge is 0.255 e. The SMILES string of the molecule is CC(C)Cn1c(CN(C[C@H]2CCCO2)C(=O)c2ccc(Cl)cc2Cl)cnc1S(=O)(=O)Cc1ccccc1. The van der Waals surface area contributed by atoms with Gasteiger partial charge in [-0.2, -0.15) is 0 Å². The number of halogens is 2. The summed E-state index contributed by atoms with van der Waals surface area (Å²) in [7, 11) is -3.72. The van der Waals surface area contributed by atoms with E-state index in [0.29, 0.717) is 41.5 Å². The van der Waals surface area contributed by atoms with Crippen LogP contribution in [0.1, 0.15) is 48.3 Å². The van der Waals surface area contributed by atoms with Crippen LogP contribution in [-0.4, -0.2) is 48.0 Å². The van der Waals surface area contributed by atoms with Gasteiger partial charge in [0.1, 0.15) is 0 Å². The summed E-state index contributed by atoms with van der Waals surface area (Å²) in [6.07, 6.45) is 3.24. The summed E-state index contributed by atoms with van der Waals surface area (Å²) in [5.74, 6) is -0.267. The summed E-state index contributed by atoms with van der Waals surface area (Å²) < 4.78 is 34.3. The Bertz CT molecular complexity index is 1340. The molecule has 0 unspecified atom stereocenters. The van der Waals surface area contributed by atoms with Crippen LogP contribution in [0.3, 0.4) is 0 Å². The van der Waals surface area contributed by atoms with E-state index in [2.05, 4.69) is 4.98 Å². The van der Waals surface area contributed by atoms with Gasteiger partial charge in [-0.25, -0.2) is 13.4 Å². The molecule has 0 spiro atoms. The number of aromatic nitrogens is 2. The Morgan fingerprint density at radius 3 is 2.59 bits per heavy atom. The molecule has 37 heavy (non-hydrogen) atoms. The molecular weight excluding hydrogens is 533 g/mol. The number of carbonyl (C=O) groups excluding carboxylic acids is 1. The molecular formula is C27H31Cl2N3O4S. The summed E-state index contributed by atoms with van der Waals surface area (Å²) in [5.41, 5.74) is 1.66. The average molecular weight is 565 g/mol. The number of benzene rings is 2. The Balaban J connectivity index is 1.68. The first-order valence-corrected chi connectivity index (χ1v) is 14.7. The lowest BCUT2D eigenvalue weighted by Crippen LogP contribution is -2.37. The highest BCUT2D eigenvalue weighted by Gasteiger charge is 2.29. The predicted octanol–water partition coefficient (Wildman–Crippen LogP) is 5.64. The molecule has 0 radical (unpaired) electrons. The van der Waals surface area contributed by atoms with Gasteiger partial charge in [-0.15, -0.1) is 0 Å². The third-order valence-corrected chi connectivity index (χ3v) is 8.32. The number of carbonyl (C=O) groups is 1. The van der Waals surface area contributed by atoms with Crippen molar-refractivity contribution in [2.45, 2.75) is 56.8 Å². The van der Waals surface area contributed by atoms with Crippen LogP contribution in [0.15, 0.2) is 59.9 Å². The van der Waals surface area contributed by atoms with Crippen molar-refractivity contribution < 1.29 is 17.9 Å². The van der Waals surface area contributed by atoms with Crippen molar-refractivity contribution in [3.63, 3.8) is 0 Å². The Hall–Kier alpha value is -2.39. The van der Waals surface area contributed by atoms with Gasteiger partial charge in [0.25, 0.3) is 5.91 Å². The van der Waals surface area contributed by atoms with Crippen molar-refractivity contribution in [2.75, 3.05) is 13.2 Å². The molecule has 4 rings (SSSR count). The zero-order valence-corrected chi connectivity index (χ0v) is 23.3. The minimum absolute atomic E-state index is 0.00842. The van der Waals surface area contributed by atoms with Crippen LogP contribution in [0, 0.1) is 5.92 Å². The molecule has 2 heterocycles. The monoisotopic (exact) mass is 563 g/mol. The molecule has 2 aromatic carbocycles. The summed E-state index contributed by atoms with van der Waals surface area (Å²) in [5, 5.41) is 0.709. The molecule has 1 atom stereocenters. The predicted molar refractivity (Wildman–Crippen MR) is 145 cm³/mol. The molecule has 1 aromatic heterocycles. The molecule has 0 aliphatic carbocycles. The molecule has 198 valence electrons. The molecule has 1 fully saturated rings. The number of amides is 1. The summed E-state index contributed by atoms with van der Waals surface area (Å²) in [4.78, 5) is 19.6. The van der Waals surface area contributed by atoms with Gasteiger partial charge in [0.15, 0.2) is 0 Å². The van der Waals surface area contributed by atoms with E-state index in [4.69, 9.17) is 27.9 Å². The third-order valence-electron chi connectivity index (χ3n) is 6.18. The first-order chi connectivity index (χ1) is 17.6. The Kier molecular flexibility index (Phi) is 8.95. The number of ether oxygens (including phenoxy) is 1. The number of sulfone groups is 1. The standard InChI is InChI=1S/C27H31Cl2N3O4S/c1-19(2)15-32-22(14-30-27(32)37(34,35)18-20-7-4-3-5-8-20)16-31(17-23-9-6-12-36-23)26(33)24-11-10-21(28)13-25(24)29/h3-5,7-8,10-11,13-14,19,23H,6,9,12,15-18H2,1-2H3/t23-/m1/s1. The highest BCUT2D eigenvalue weighted by Crippen LogP contribution is 2.26. The van der Waals surface area contributed by atoms with Crippen LogP contribution >= 0.6 is 23.2 Å². The average Bonchev–Trinajstić information content (AvgIpc) is 3.49. The van der Waals surface area contributed by atoms with E-state index in [1.54, 1.807) is 39.9 Å². The second-order valence-electron chi connectivity index (χ2n) is 9.73. The van der Waals surface area contributed by atoms with Gasteiger partial charge in [-0.05, 0) is 42.5 Å². The zero-order valence-electron chi connectivity index (χ0n) is 20.9. The molecule has 10 heteroatoms. The molecule has 0 bridgehead atoms. The van der Waals surface area contributed by atoms with Gasteiger partial charge < -0.3 is 14.2 Å². The lowest BCUT2D eigenvalue weighted by molar-refractivity contribution is 0.0501. The number of imidazole rings is 1. The van der Waals surface area contributed by atoms with Crippen molar-refractivity contribution in [1.29, 1.82) is 0 Å². The maximum atomic E-state index is 13.6. The van der Waals surface area contributed by atoms with E-state index in [-0.39, 0.29) is 40.4 Å². The topological polar surface area (TPSA) is 81.5 Å². The third kappa shape index (κ3) is 6.93. The summed E-state index contributed by atoms with van der Waals surface area (Å²) >= 11 is 12.4. The van der Waals surface area contributed by atoms with Crippen molar-refractivity contribution in [3.05, 3.63) is 81.6 Å². The van der Waals surface area contributed by atoms with Gasteiger partial charge in [0.05, 0.1) is 40.9 Å². The van der Waals surface area contributed by atoms with E-state index in [9.17, 15) is 13.2 Å². The molecule has 7 nitrogen and oxygen atoms in total. The maximum Gasteiger partial charge on any atom is 0.255 e. The van der Waals surface area contributed by atoms with Gasteiger partial charge in [-0.1, -0.05) is 67.4 Å². The number of rotatable bonds is 10. The van der Waals surface area contributed by atoms with Crippen molar-refractivity contribution >= 4 is 38.9 Å².